The first kappa shape index (κ1) is 20.5. The Balaban J connectivity index is 1.94. The van der Waals surface area contributed by atoms with Crippen molar-refractivity contribution in [3.8, 4) is 5.75 Å². The summed E-state index contributed by atoms with van der Waals surface area (Å²) in [5.74, 6) is 0.00410. The molecule has 0 spiro atoms. The maximum absolute atomic E-state index is 12.9. The number of aliphatic hydroxyl groups excluding tert-OH is 1. The maximum atomic E-state index is 12.9. The molecule has 0 unspecified atom stereocenters. The number of phenols is 1. The van der Waals surface area contributed by atoms with Gasteiger partial charge in [-0.05, 0) is 54.2 Å². The third-order valence-corrected chi connectivity index (χ3v) is 7.85. The molecule has 1 saturated heterocycles. The van der Waals surface area contributed by atoms with E-state index in [-0.39, 0.29) is 36.1 Å². The lowest BCUT2D eigenvalue weighted by molar-refractivity contribution is -0.131. The van der Waals surface area contributed by atoms with Crippen LogP contribution in [-0.2, 0) is 10.2 Å². The van der Waals surface area contributed by atoms with Gasteiger partial charge in [-0.1, -0.05) is 55.2 Å². The molecule has 2 aromatic carbocycles. The van der Waals surface area contributed by atoms with Crippen LogP contribution in [0.2, 0.25) is 10.0 Å². The van der Waals surface area contributed by atoms with Gasteiger partial charge < -0.3 is 15.5 Å². The molecular formula is C23H25Cl2NO3. The van der Waals surface area contributed by atoms with Gasteiger partial charge in [0.05, 0.1) is 18.1 Å². The van der Waals surface area contributed by atoms with Crippen LogP contribution in [0.3, 0.4) is 0 Å². The molecule has 1 aliphatic heterocycles. The van der Waals surface area contributed by atoms with Crippen LogP contribution in [0.1, 0.15) is 43.7 Å². The van der Waals surface area contributed by atoms with Crippen LogP contribution in [0.4, 0.5) is 0 Å². The molecule has 1 heterocycles. The largest absolute Gasteiger partial charge is 0.508 e. The third kappa shape index (κ3) is 3.04. The number of hydrogen-bond donors (Lipinski definition) is 3. The van der Waals surface area contributed by atoms with Crippen molar-refractivity contribution in [3.63, 3.8) is 0 Å². The van der Waals surface area contributed by atoms with E-state index >= 15 is 0 Å². The first-order valence-electron chi connectivity index (χ1n) is 9.88. The SMILES string of the molecule is C[C@]1(c2ccc(Cl)cc2)[C@H](c2ccc(O)cc2Cl)CC[C@@]2(C)C(=O)N[C@H](CO)[C@@H]12. The fourth-order valence-electron chi connectivity index (χ4n) is 5.93. The number of aliphatic hydroxyl groups is 1. The molecule has 4 rings (SSSR count). The van der Waals surface area contributed by atoms with Crippen molar-refractivity contribution in [1.29, 1.82) is 0 Å². The molecule has 2 aliphatic rings. The van der Waals surface area contributed by atoms with Crippen LogP contribution in [0.25, 0.3) is 0 Å². The minimum absolute atomic E-state index is 0.00279. The third-order valence-electron chi connectivity index (χ3n) is 7.27. The topological polar surface area (TPSA) is 69.6 Å². The Morgan fingerprint density at radius 3 is 2.45 bits per heavy atom. The first-order valence-corrected chi connectivity index (χ1v) is 10.6. The monoisotopic (exact) mass is 433 g/mol. The van der Waals surface area contributed by atoms with Crippen molar-refractivity contribution in [2.24, 2.45) is 11.3 Å². The molecule has 1 saturated carbocycles. The number of aromatic hydroxyl groups is 1. The summed E-state index contributed by atoms with van der Waals surface area (Å²) < 4.78 is 0. The van der Waals surface area contributed by atoms with Gasteiger partial charge >= 0.3 is 0 Å². The molecule has 0 aromatic heterocycles. The lowest BCUT2D eigenvalue weighted by atomic mass is 9.48. The van der Waals surface area contributed by atoms with Crippen LogP contribution >= 0.6 is 23.2 Å². The van der Waals surface area contributed by atoms with Crippen LogP contribution < -0.4 is 5.32 Å². The number of amides is 1. The number of nitrogens with one attached hydrogen (secondary N) is 1. The lowest BCUT2D eigenvalue weighted by Gasteiger charge is -2.54. The molecular weight excluding hydrogens is 409 g/mol. The zero-order valence-electron chi connectivity index (χ0n) is 16.5. The number of hydrogen-bond acceptors (Lipinski definition) is 3. The van der Waals surface area contributed by atoms with E-state index in [1.54, 1.807) is 12.1 Å². The van der Waals surface area contributed by atoms with Gasteiger partial charge in [-0.25, -0.2) is 0 Å². The van der Waals surface area contributed by atoms with Crippen molar-refractivity contribution in [2.75, 3.05) is 6.61 Å². The molecule has 0 bridgehead atoms. The second-order valence-corrected chi connectivity index (χ2v) is 9.59. The van der Waals surface area contributed by atoms with Gasteiger partial charge in [-0.15, -0.1) is 0 Å². The summed E-state index contributed by atoms with van der Waals surface area (Å²) in [6.45, 7) is 4.05. The van der Waals surface area contributed by atoms with Crippen molar-refractivity contribution in [2.45, 2.75) is 44.1 Å². The van der Waals surface area contributed by atoms with E-state index in [1.165, 1.54) is 0 Å². The molecule has 29 heavy (non-hydrogen) atoms. The quantitative estimate of drug-likeness (QED) is 0.659. The second-order valence-electron chi connectivity index (χ2n) is 8.74. The summed E-state index contributed by atoms with van der Waals surface area (Å²) in [4.78, 5) is 12.9. The standard InChI is InChI=1S/C23H25Cl2NO3/c1-22-10-9-17(16-8-7-15(28)11-18(16)25)23(2,13-3-5-14(24)6-4-13)20(22)19(12-27)26-21(22)29/h3-8,11,17,19-20,27-28H,9-10,12H2,1-2H3,(H,26,29)/t17-,19+,20+,22+,23-/m0/s1. The number of carbonyl (C=O) groups excluding carboxylic acids is 1. The maximum Gasteiger partial charge on any atom is 0.226 e. The van der Waals surface area contributed by atoms with Crippen LogP contribution in [-0.4, -0.2) is 28.8 Å². The smallest absolute Gasteiger partial charge is 0.226 e. The number of carbonyl (C=O) groups is 1. The Morgan fingerprint density at radius 1 is 1.14 bits per heavy atom. The minimum atomic E-state index is -0.582. The van der Waals surface area contributed by atoms with Gasteiger partial charge in [0.1, 0.15) is 5.75 Å². The molecule has 0 radical (unpaired) electrons. The molecule has 2 fully saturated rings. The number of phenolic OH excluding ortho intramolecular Hbond substituents is 1. The van der Waals surface area contributed by atoms with Crippen molar-refractivity contribution in [1.82, 2.24) is 5.32 Å². The van der Waals surface area contributed by atoms with E-state index in [0.717, 1.165) is 17.5 Å². The normalized spacial score (nSPS) is 34.0. The molecule has 3 N–H and O–H groups in total. The number of rotatable bonds is 3. The van der Waals surface area contributed by atoms with Crippen molar-refractivity contribution >= 4 is 29.1 Å². The summed E-state index contributed by atoms with van der Waals surface area (Å²) in [7, 11) is 0. The van der Waals surface area contributed by atoms with Crippen LogP contribution in [0.5, 0.6) is 5.75 Å². The first-order chi connectivity index (χ1) is 13.7. The van der Waals surface area contributed by atoms with E-state index in [9.17, 15) is 15.0 Å². The van der Waals surface area contributed by atoms with Gasteiger partial charge in [0, 0.05) is 21.4 Å². The van der Waals surface area contributed by atoms with Crippen molar-refractivity contribution < 1.29 is 15.0 Å². The highest BCUT2D eigenvalue weighted by atomic mass is 35.5. The Hall–Kier alpha value is -1.75. The van der Waals surface area contributed by atoms with E-state index in [0.29, 0.717) is 16.5 Å². The summed E-state index contributed by atoms with van der Waals surface area (Å²) in [6.07, 6.45) is 1.47. The Bertz CT molecular complexity index is 948. The van der Waals surface area contributed by atoms with E-state index in [2.05, 4.69) is 12.2 Å². The number of fused-ring (bicyclic) bond motifs is 1. The van der Waals surface area contributed by atoms with Gasteiger partial charge in [0.15, 0.2) is 0 Å². The molecule has 2 aromatic rings. The highest BCUT2D eigenvalue weighted by Crippen LogP contribution is 2.62. The highest BCUT2D eigenvalue weighted by Gasteiger charge is 2.63. The predicted molar refractivity (Wildman–Crippen MR) is 115 cm³/mol. The Kier molecular flexibility index (Phi) is 5.09. The second kappa shape index (κ2) is 7.19. The van der Waals surface area contributed by atoms with Gasteiger partial charge in [0.25, 0.3) is 0 Å². The van der Waals surface area contributed by atoms with Gasteiger partial charge in [0.2, 0.25) is 5.91 Å². The number of halogens is 2. The summed E-state index contributed by atoms with van der Waals surface area (Å²) in [6, 6.07) is 12.5. The Labute approximate surface area is 180 Å². The van der Waals surface area contributed by atoms with Gasteiger partial charge in [-0.2, -0.15) is 0 Å². The van der Waals surface area contributed by atoms with Crippen molar-refractivity contribution in [3.05, 3.63) is 63.6 Å². The zero-order chi connectivity index (χ0) is 21.0. The molecule has 5 atom stereocenters. The number of benzene rings is 2. The lowest BCUT2D eigenvalue weighted by Crippen LogP contribution is -2.53. The van der Waals surface area contributed by atoms with Crippen LogP contribution in [0.15, 0.2) is 42.5 Å². The Morgan fingerprint density at radius 2 is 1.83 bits per heavy atom. The molecule has 1 amide bonds. The molecule has 4 nitrogen and oxygen atoms in total. The fraction of sp³-hybridized carbons (Fsp3) is 0.435. The zero-order valence-corrected chi connectivity index (χ0v) is 18.0. The fourth-order valence-corrected chi connectivity index (χ4v) is 6.36. The van der Waals surface area contributed by atoms with E-state index in [1.807, 2.05) is 37.3 Å². The summed E-state index contributed by atoms with van der Waals surface area (Å²) in [5, 5.41) is 24.1. The summed E-state index contributed by atoms with van der Waals surface area (Å²) >= 11 is 12.7. The van der Waals surface area contributed by atoms with Crippen LogP contribution in [0, 0.1) is 11.3 Å². The predicted octanol–water partition coefficient (Wildman–Crippen LogP) is 4.65. The van der Waals surface area contributed by atoms with E-state index < -0.39 is 10.8 Å². The molecule has 6 heteroatoms. The minimum Gasteiger partial charge on any atom is -0.508 e. The molecule has 1 aliphatic carbocycles. The average molecular weight is 434 g/mol. The van der Waals surface area contributed by atoms with Gasteiger partial charge in [-0.3, -0.25) is 4.79 Å². The van der Waals surface area contributed by atoms with E-state index in [4.69, 9.17) is 23.2 Å². The average Bonchev–Trinajstić information content (AvgIpc) is 2.95. The summed E-state index contributed by atoms with van der Waals surface area (Å²) in [5.41, 5.74) is 0.939. The molecule has 154 valence electrons. The highest BCUT2D eigenvalue weighted by molar-refractivity contribution is 6.31.